The highest BCUT2D eigenvalue weighted by Gasteiger charge is 2.40. The zero-order valence-electron chi connectivity index (χ0n) is 8.95. The van der Waals surface area contributed by atoms with Crippen molar-refractivity contribution in [3.05, 3.63) is 24.3 Å². The van der Waals surface area contributed by atoms with E-state index in [1.165, 1.54) is 0 Å². The number of hydrogen-bond acceptors (Lipinski definition) is 4. The minimum absolute atomic E-state index is 0.214. The van der Waals surface area contributed by atoms with E-state index in [1.807, 2.05) is 5.32 Å². The molecular formula is C10H8F4N4. The van der Waals surface area contributed by atoms with Gasteiger partial charge in [-0.2, -0.15) is 8.78 Å². The normalized spacial score (nSPS) is 12.1. The summed E-state index contributed by atoms with van der Waals surface area (Å²) in [6.45, 7) is -1.25. The average Bonchev–Trinajstić information content (AvgIpc) is 2.36. The number of alkyl halides is 4. The third kappa shape index (κ3) is 2.63. The molecule has 0 unspecified atom stereocenters. The number of benzene rings is 1. The molecule has 0 fully saturated rings. The second-order valence-electron chi connectivity index (χ2n) is 3.54. The van der Waals surface area contributed by atoms with Crippen LogP contribution in [0.15, 0.2) is 24.3 Å². The van der Waals surface area contributed by atoms with Crippen LogP contribution < -0.4 is 5.32 Å². The van der Waals surface area contributed by atoms with E-state index in [0.717, 1.165) is 0 Å². The van der Waals surface area contributed by atoms with Crippen LogP contribution in [0.5, 0.6) is 0 Å². The van der Waals surface area contributed by atoms with Crippen LogP contribution >= 0.6 is 0 Å². The maximum absolute atomic E-state index is 12.7. The molecule has 0 aliphatic carbocycles. The molecule has 0 saturated carbocycles. The predicted molar refractivity (Wildman–Crippen MR) is 56.8 cm³/mol. The van der Waals surface area contributed by atoms with Crippen molar-refractivity contribution in [2.45, 2.75) is 12.3 Å². The molecule has 2 rings (SSSR count). The van der Waals surface area contributed by atoms with Gasteiger partial charge in [0.1, 0.15) is 5.52 Å². The Kier molecular flexibility index (Phi) is 3.26. The van der Waals surface area contributed by atoms with E-state index in [2.05, 4.69) is 15.2 Å². The van der Waals surface area contributed by atoms with Gasteiger partial charge >= 0.3 is 12.3 Å². The number of hydrogen-bond donors (Lipinski definition) is 1. The third-order valence-electron chi connectivity index (χ3n) is 2.16. The maximum Gasteiger partial charge on any atom is 0.324 e. The Balaban J connectivity index is 2.13. The quantitative estimate of drug-likeness (QED) is 0.857. The topological polar surface area (TPSA) is 50.7 Å². The lowest BCUT2D eigenvalue weighted by Crippen LogP contribution is -2.35. The SMILES string of the molecule is FC(F)C(F)(F)CNc1nnc2ccccc2n1. The van der Waals surface area contributed by atoms with E-state index >= 15 is 0 Å². The van der Waals surface area contributed by atoms with Crippen LogP contribution in [0.3, 0.4) is 0 Å². The first-order valence-corrected chi connectivity index (χ1v) is 4.98. The Morgan fingerprint density at radius 3 is 2.44 bits per heavy atom. The highest BCUT2D eigenvalue weighted by Crippen LogP contribution is 2.22. The monoisotopic (exact) mass is 260 g/mol. The minimum Gasteiger partial charge on any atom is -0.347 e. The highest BCUT2D eigenvalue weighted by molar-refractivity contribution is 5.73. The number of fused-ring (bicyclic) bond motifs is 1. The number of nitrogens with zero attached hydrogens (tertiary/aromatic N) is 3. The average molecular weight is 260 g/mol. The molecule has 1 aromatic carbocycles. The molecule has 0 radical (unpaired) electrons. The Morgan fingerprint density at radius 1 is 1.11 bits per heavy atom. The van der Waals surface area contributed by atoms with Crippen molar-refractivity contribution in [2.75, 3.05) is 11.9 Å². The highest BCUT2D eigenvalue weighted by atomic mass is 19.3. The van der Waals surface area contributed by atoms with Gasteiger partial charge in [0.15, 0.2) is 0 Å². The van der Waals surface area contributed by atoms with Gasteiger partial charge < -0.3 is 5.32 Å². The standard InChI is InChI=1S/C10H8F4N4/c11-8(12)10(13,14)5-15-9-16-6-3-1-2-4-7(6)17-18-9/h1-4,8H,5H2,(H,15,16,18). The lowest BCUT2D eigenvalue weighted by atomic mass is 10.3. The van der Waals surface area contributed by atoms with E-state index in [-0.39, 0.29) is 5.95 Å². The lowest BCUT2D eigenvalue weighted by molar-refractivity contribution is -0.117. The summed E-state index contributed by atoms with van der Waals surface area (Å²) in [5.74, 6) is -4.34. The number of halogens is 4. The number of aromatic nitrogens is 3. The van der Waals surface area contributed by atoms with E-state index in [9.17, 15) is 17.6 Å². The van der Waals surface area contributed by atoms with E-state index in [1.54, 1.807) is 24.3 Å². The van der Waals surface area contributed by atoms with Crippen molar-refractivity contribution >= 4 is 17.0 Å². The van der Waals surface area contributed by atoms with Crippen molar-refractivity contribution in [3.63, 3.8) is 0 Å². The molecule has 96 valence electrons. The van der Waals surface area contributed by atoms with Gasteiger partial charge in [0, 0.05) is 0 Å². The van der Waals surface area contributed by atoms with Crippen LogP contribution in [0, 0.1) is 0 Å². The van der Waals surface area contributed by atoms with E-state index in [4.69, 9.17) is 0 Å². The van der Waals surface area contributed by atoms with Crippen LogP contribution in [0.25, 0.3) is 11.0 Å². The van der Waals surface area contributed by atoms with Gasteiger partial charge in [0.05, 0.1) is 12.1 Å². The van der Waals surface area contributed by atoms with Crippen molar-refractivity contribution < 1.29 is 17.6 Å². The van der Waals surface area contributed by atoms with Gasteiger partial charge in [0.2, 0.25) is 5.95 Å². The summed E-state index contributed by atoms with van der Waals surface area (Å²) in [5, 5.41) is 9.28. The Morgan fingerprint density at radius 2 is 1.78 bits per heavy atom. The molecule has 0 bridgehead atoms. The third-order valence-corrected chi connectivity index (χ3v) is 2.16. The second kappa shape index (κ2) is 4.71. The summed E-state index contributed by atoms with van der Waals surface area (Å²) < 4.78 is 49.2. The molecule has 2 aromatic rings. The van der Waals surface area contributed by atoms with Crippen molar-refractivity contribution in [2.24, 2.45) is 0 Å². The van der Waals surface area contributed by atoms with Gasteiger partial charge in [-0.1, -0.05) is 12.1 Å². The molecule has 0 aliphatic heterocycles. The van der Waals surface area contributed by atoms with Crippen LogP contribution in [0.2, 0.25) is 0 Å². The van der Waals surface area contributed by atoms with Crippen LogP contribution in [0.1, 0.15) is 0 Å². The molecule has 0 aliphatic rings. The molecule has 8 heteroatoms. The van der Waals surface area contributed by atoms with Crippen LogP contribution in [-0.4, -0.2) is 34.1 Å². The lowest BCUT2D eigenvalue weighted by Gasteiger charge is -2.15. The predicted octanol–water partition coefficient (Wildman–Crippen LogP) is 2.34. The van der Waals surface area contributed by atoms with Crippen LogP contribution in [0.4, 0.5) is 23.5 Å². The van der Waals surface area contributed by atoms with Gasteiger partial charge in [-0.3, -0.25) is 0 Å². The fourth-order valence-corrected chi connectivity index (χ4v) is 1.23. The number of anilines is 1. The van der Waals surface area contributed by atoms with Gasteiger partial charge in [-0.05, 0) is 12.1 Å². The van der Waals surface area contributed by atoms with Gasteiger partial charge in [0.25, 0.3) is 0 Å². The molecule has 1 N–H and O–H groups in total. The minimum atomic E-state index is -4.13. The van der Waals surface area contributed by atoms with E-state index in [0.29, 0.717) is 11.0 Å². The zero-order chi connectivity index (χ0) is 13.2. The number of nitrogens with one attached hydrogen (secondary N) is 1. The van der Waals surface area contributed by atoms with Gasteiger partial charge in [-0.25, -0.2) is 13.8 Å². The number of para-hydroxylation sites is 1. The largest absolute Gasteiger partial charge is 0.347 e. The molecule has 0 saturated heterocycles. The summed E-state index contributed by atoms with van der Waals surface area (Å²) in [4.78, 5) is 3.87. The molecule has 0 amide bonds. The maximum atomic E-state index is 12.7. The second-order valence-corrected chi connectivity index (χ2v) is 3.54. The Hall–Kier alpha value is -1.99. The van der Waals surface area contributed by atoms with Crippen LogP contribution in [-0.2, 0) is 0 Å². The molecule has 0 spiro atoms. The summed E-state index contributed by atoms with van der Waals surface area (Å²) in [6.07, 6.45) is -3.74. The molecule has 0 atom stereocenters. The smallest absolute Gasteiger partial charge is 0.324 e. The Labute approximate surface area is 99.0 Å². The van der Waals surface area contributed by atoms with Gasteiger partial charge in [-0.15, -0.1) is 10.2 Å². The molecular weight excluding hydrogens is 252 g/mol. The molecule has 1 heterocycles. The van der Waals surface area contributed by atoms with Crippen molar-refractivity contribution in [3.8, 4) is 0 Å². The fourth-order valence-electron chi connectivity index (χ4n) is 1.23. The number of rotatable bonds is 4. The van der Waals surface area contributed by atoms with Crippen molar-refractivity contribution in [1.29, 1.82) is 0 Å². The fraction of sp³-hybridized carbons (Fsp3) is 0.300. The Bertz CT molecular complexity index is 546. The molecule has 18 heavy (non-hydrogen) atoms. The first-order valence-electron chi connectivity index (χ1n) is 4.98. The summed E-state index contributed by atoms with van der Waals surface area (Å²) in [6, 6.07) is 6.67. The van der Waals surface area contributed by atoms with E-state index < -0.39 is 18.9 Å². The summed E-state index contributed by atoms with van der Waals surface area (Å²) in [7, 11) is 0. The summed E-state index contributed by atoms with van der Waals surface area (Å²) >= 11 is 0. The first kappa shape index (κ1) is 12.5. The zero-order valence-corrected chi connectivity index (χ0v) is 8.95. The van der Waals surface area contributed by atoms with Crippen molar-refractivity contribution in [1.82, 2.24) is 15.2 Å². The molecule has 1 aromatic heterocycles. The molecule has 4 nitrogen and oxygen atoms in total. The first-order chi connectivity index (χ1) is 8.49. The summed E-state index contributed by atoms with van der Waals surface area (Å²) in [5.41, 5.74) is 0.930.